The summed E-state index contributed by atoms with van der Waals surface area (Å²) in [5.41, 5.74) is 1.43. The molecule has 0 aliphatic heterocycles. The van der Waals surface area contributed by atoms with Crippen molar-refractivity contribution in [3.63, 3.8) is 0 Å². The fraction of sp³-hybridized carbons (Fsp3) is 0.0909. The van der Waals surface area contributed by atoms with Crippen LogP contribution in [-0.4, -0.2) is 10.8 Å². The number of ketones is 1. The number of hydrogen-bond acceptors (Lipinski definition) is 3. The van der Waals surface area contributed by atoms with Gasteiger partial charge in [0.05, 0.1) is 6.26 Å². The van der Waals surface area contributed by atoms with E-state index in [0.29, 0.717) is 11.3 Å². The van der Waals surface area contributed by atoms with Crippen LogP contribution in [0.25, 0.3) is 0 Å². The molecule has 3 heteroatoms. The second-order valence-corrected chi connectivity index (χ2v) is 2.99. The van der Waals surface area contributed by atoms with E-state index >= 15 is 0 Å². The first-order valence-electron chi connectivity index (χ1n) is 4.28. The lowest BCUT2D eigenvalue weighted by atomic mass is 10.1. The SMILES string of the molecule is Cc1cc(C(=O)c2ccco2)ccn1. The van der Waals surface area contributed by atoms with Crippen LogP contribution in [0.4, 0.5) is 0 Å². The summed E-state index contributed by atoms with van der Waals surface area (Å²) in [4.78, 5) is 15.8. The van der Waals surface area contributed by atoms with Gasteiger partial charge in [-0.05, 0) is 31.2 Å². The summed E-state index contributed by atoms with van der Waals surface area (Å²) >= 11 is 0. The highest BCUT2D eigenvalue weighted by Gasteiger charge is 2.11. The number of aryl methyl sites for hydroxylation is 1. The maximum atomic E-state index is 11.7. The van der Waals surface area contributed by atoms with Gasteiger partial charge in [-0.3, -0.25) is 9.78 Å². The van der Waals surface area contributed by atoms with Crippen LogP contribution in [0.1, 0.15) is 21.8 Å². The first-order valence-corrected chi connectivity index (χ1v) is 4.28. The van der Waals surface area contributed by atoms with E-state index < -0.39 is 0 Å². The van der Waals surface area contributed by atoms with Crippen molar-refractivity contribution in [2.24, 2.45) is 0 Å². The summed E-state index contributed by atoms with van der Waals surface area (Å²) in [5, 5.41) is 0. The van der Waals surface area contributed by atoms with E-state index in [9.17, 15) is 4.79 Å². The molecule has 0 spiro atoms. The molecule has 0 unspecified atom stereocenters. The highest BCUT2D eigenvalue weighted by Crippen LogP contribution is 2.10. The largest absolute Gasteiger partial charge is 0.461 e. The van der Waals surface area contributed by atoms with E-state index in [0.717, 1.165) is 5.69 Å². The normalized spacial score (nSPS) is 10.1. The Morgan fingerprint density at radius 2 is 2.29 bits per heavy atom. The average molecular weight is 187 g/mol. The summed E-state index contributed by atoms with van der Waals surface area (Å²) < 4.78 is 5.02. The Labute approximate surface area is 81.4 Å². The molecule has 3 nitrogen and oxygen atoms in total. The molecule has 0 saturated carbocycles. The summed E-state index contributed by atoms with van der Waals surface area (Å²) in [6, 6.07) is 6.77. The number of carbonyl (C=O) groups excluding carboxylic acids is 1. The van der Waals surface area contributed by atoms with Gasteiger partial charge >= 0.3 is 0 Å². The van der Waals surface area contributed by atoms with E-state index in [1.807, 2.05) is 6.92 Å². The molecule has 2 aromatic rings. The van der Waals surface area contributed by atoms with E-state index in [1.54, 1.807) is 30.5 Å². The number of rotatable bonds is 2. The fourth-order valence-electron chi connectivity index (χ4n) is 1.24. The van der Waals surface area contributed by atoms with Gasteiger partial charge in [0.15, 0.2) is 5.76 Å². The van der Waals surface area contributed by atoms with Crippen LogP contribution < -0.4 is 0 Å². The summed E-state index contributed by atoms with van der Waals surface area (Å²) in [5.74, 6) is 0.246. The van der Waals surface area contributed by atoms with Gasteiger partial charge in [0.25, 0.3) is 0 Å². The monoisotopic (exact) mass is 187 g/mol. The Kier molecular flexibility index (Phi) is 2.14. The molecule has 0 radical (unpaired) electrons. The van der Waals surface area contributed by atoms with Crippen LogP contribution in [0, 0.1) is 6.92 Å². The molecule has 0 fully saturated rings. The molecule has 70 valence electrons. The summed E-state index contributed by atoms with van der Waals surface area (Å²) in [6.45, 7) is 1.85. The van der Waals surface area contributed by atoms with E-state index in [2.05, 4.69) is 4.98 Å². The summed E-state index contributed by atoms with van der Waals surface area (Å²) in [7, 11) is 0. The molecule has 14 heavy (non-hydrogen) atoms. The molecule has 0 aromatic carbocycles. The zero-order valence-corrected chi connectivity index (χ0v) is 7.73. The zero-order valence-electron chi connectivity index (χ0n) is 7.73. The number of aromatic nitrogens is 1. The molecular weight excluding hydrogens is 178 g/mol. The molecule has 0 aliphatic rings. The minimum atomic E-state index is -0.111. The summed E-state index contributed by atoms with van der Waals surface area (Å²) in [6.07, 6.45) is 3.10. The van der Waals surface area contributed by atoms with Crippen LogP contribution >= 0.6 is 0 Å². The molecule has 2 heterocycles. The first-order chi connectivity index (χ1) is 6.77. The minimum Gasteiger partial charge on any atom is -0.461 e. The van der Waals surface area contributed by atoms with Gasteiger partial charge in [-0.2, -0.15) is 0 Å². The van der Waals surface area contributed by atoms with Crippen LogP contribution in [0.3, 0.4) is 0 Å². The number of hydrogen-bond donors (Lipinski definition) is 0. The van der Waals surface area contributed by atoms with Crippen molar-refractivity contribution < 1.29 is 9.21 Å². The Morgan fingerprint density at radius 1 is 1.43 bits per heavy atom. The molecular formula is C11H9NO2. The Bertz CT molecular complexity index is 446. The van der Waals surface area contributed by atoms with Crippen molar-refractivity contribution in [1.29, 1.82) is 0 Å². The Balaban J connectivity index is 2.37. The maximum Gasteiger partial charge on any atom is 0.228 e. The van der Waals surface area contributed by atoms with Crippen LogP contribution in [0.2, 0.25) is 0 Å². The van der Waals surface area contributed by atoms with E-state index in [4.69, 9.17) is 4.42 Å². The highest BCUT2D eigenvalue weighted by molar-refractivity contribution is 6.07. The average Bonchev–Trinajstić information content (AvgIpc) is 2.69. The van der Waals surface area contributed by atoms with E-state index in [-0.39, 0.29) is 5.78 Å². The third kappa shape index (κ3) is 1.57. The number of pyridine rings is 1. The number of carbonyl (C=O) groups is 1. The molecule has 2 aromatic heterocycles. The molecule has 0 saturated heterocycles. The van der Waals surface area contributed by atoms with Crippen molar-refractivity contribution in [2.75, 3.05) is 0 Å². The van der Waals surface area contributed by atoms with Gasteiger partial charge in [-0.1, -0.05) is 0 Å². The molecule has 2 rings (SSSR count). The smallest absolute Gasteiger partial charge is 0.228 e. The van der Waals surface area contributed by atoms with Crippen molar-refractivity contribution in [1.82, 2.24) is 4.98 Å². The second kappa shape index (κ2) is 3.46. The van der Waals surface area contributed by atoms with Crippen LogP contribution in [-0.2, 0) is 0 Å². The van der Waals surface area contributed by atoms with Gasteiger partial charge in [0, 0.05) is 17.5 Å². The van der Waals surface area contributed by atoms with Gasteiger partial charge in [-0.25, -0.2) is 0 Å². The van der Waals surface area contributed by atoms with Crippen LogP contribution in [0.5, 0.6) is 0 Å². The van der Waals surface area contributed by atoms with Crippen LogP contribution in [0.15, 0.2) is 41.1 Å². The number of nitrogens with zero attached hydrogens (tertiary/aromatic N) is 1. The standard InChI is InChI=1S/C11H9NO2/c1-8-7-9(4-5-12-8)11(13)10-3-2-6-14-10/h2-7H,1H3. The predicted molar refractivity (Wildman–Crippen MR) is 51.1 cm³/mol. The second-order valence-electron chi connectivity index (χ2n) is 2.99. The fourth-order valence-corrected chi connectivity index (χ4v) is 1.24. The lowest BCUT2D eigenvalue weighted by Crippen LogP contribution is -2.00. The molecule has 0 atom stereocenters. The van der Waals surface area contributed by atoms with E-state index in [1.165, 1.54) is 6.26 Å². The van der Waals surface area contributed by atoms with Crippen molar-refractivity contribution in [3.05, 3.63) is 53.7 Å². The Morgan fingerprint density at radius 3 is 2.93 bits per heavy atom. The van der Waals surface area contributed by atoms with Gasteiger partial charge < -0.3 is 4.42 Å². The zero-order chi connectivity index (χ0) is 9.97. The molecule has 0 N–H and O–H groups in total. The first kappa shape index (κ1) is 8.69. The minimum absolute atomic E-state index is 0.111. The van der Waals surface area contributed by atoms with Crippen molar-refractivity contribution in [2.45, 2.75) is 6.92 Å². The molecule has 0 bridgehead atoms. The topological polar surface area (TPSA) is 43.1 Å². The molecule has 0 aliphatic carbocycles. The molecule has 0 amide bonds. The maximum absolute atomic E-state index is 11.7. The quantitative estimate of drug-likeness (QED) is 0.677. The number of furan rings is 1. The van der Waals surface area contributed by atoms with Crippen molar-refractivity contribution in [3.8, 4) is 0 Å². The third-order valence-electron chi connectivity index (χ3n) is 1.90. The Hall–Kier alpha value is -1.90. The predicted octanol–water partition coefficient (Wildman–Crippen LogP) is 2.21. The van der Waals surface area contributed by atoms with Gasteiger partial charge in [0.2, 0.25) is 5.78 Å². The highest BCUT2D eigenvalue weighted by atomic mass is 16.3. The van der Waals surface area contributed by atoms with Gasteiger partial charge in [0.1, 0.15) is 0 Å². The lowest BCUT2D eigenvalue weighted by molar-refractivity contribution is 0.101. The van der Waals surface area contributed by atoms with Gasteiger partial charge in [-0.15, -0.1) is 0 Å². The van der Waals surface area contributed by atoms with Crippen molar-refractivity contribution >= 4 is 5.78 Å². The third-order valence-corrected chi connectivity index (χ3v) is 1.90. The lowest BCUT2D eigenvalue weighted by Gasteiger charge is -1.97.